The van der Waals surface area contributed by atoms with Crippen LogP contribution in [0, 0.1) is 10.1 Å². The van der Waals surface area contributed by atoms with Gasteiger partial charge in [0.2, 0.25) is 5.82 Å². The number of hydrogen-bond acceptors (Lipinski definition) is 6. The van der Waals surface area contributed by atoms with Gasteiger partial charge in [0.05, 0.1) is 4.92 Å². The topological polar surface area (TPSA) is 101 Å². The third-order valence-corrected chi connectivity index (χ3v) is 2.10. The zero-order chi connectivity index (χ0) is 13.0. The number of rotatable bonds is 3. The van der Waals surface area contributed by atoms with Crippen LogP contribution in [0.3, 0.4) is 0 Å². The van der Waals surface area contributed by atoms with Gasteiger partial charge in [-0.3, -0.25) is 10.1 Å². The molecule has 0 spiro atoms. The molecule has 18 heavy (non-hydrogen) atoms. The molecule has 0 radical (unpaired) electrons. The lowest BCUT2D eigenvalue weighted by Gasteiger charge is -1.96. The lowest BCUT2D eigenvalue weighted by Crippen LogP contribution is -1.87. The Morgan fingerprint density at radius 2 is 1.94 bits per heavy atom. The molecule has 90 valence electrons. The number of aromatic hydroxyl groups is 1. The van der Waals surface area contributed by atoms with Gasteiger partial charge in [-0.1, -0.05) is 12.1 Å². The predicted octanol–water partition coefficient (Wildman–Crippen LogP) is 3.11. The minimum absolute atomic E-state index is 0.00986. The molecule has 0 atom stereocenters. The average molecular weight is 244 g/mol. The van der Waals surface area contributed by atoms with Crippen LogP contribution in [-0.2, 0) is 0 Å². The smallest absolute Gasteiger partial charge is 0.296 e. The van der Waals surface area contributed by atoms with E-state index >= 15 is 0 Å². The van der Waals surface area contributed by atoms with Gasteiger partial charge in [-0.25, -0.2) is 4.98 Å². The fourth-order valence-corrected chi connectivity index (χ4v) is 1.27. The number of hydrogen-bond donors (Lipinski definition) is 1. The molecular weight excluding hydrogens is 236 g/mol. The molecule has 1 heterocycles. The number of para-hydroxylation sites is 1. The van der Waals surface area contributed by atoms with Crippen molar-refractivity contribution in [1.29, 1.82) is 0 Å². The Morgan fingerprint density at radius 3 is 2.67 bits per heavy atom. The van der Waals surface area contributed by atoms with Gasteiger partial charge in [-0.15, -0.1) is 10.2 Å². The molecule has 2 rings (SSSR count). The van der Waals surface area contributed by atoms with Crippen molar-refractivity contribution < 1.29 is 10.0 Å². The minimum atomic E-state index is -0.549. The Bertz CT molecular complexity index is 613. The van der Waals surface area contributed by atoms with Gasteiger partial charge in [0.15, 0.2) is 11.4 Å². The largest absolute Gasteiger partial charge is 0.504 e. The Labute approximate surface area is 102 Å². The summed E-state index contributed by atoms with van der Waals surface area (Å²) in [4.78, 5) is 14.0. The minimum Gasteiger partial charge on any atom is -0.504 e. The summed E-state index contributed by atoms with van der Waals surface area (Å²) in [6, 6.07) is 8.88. The summed E-state index contributed by atoms with van der Waals surface area (Å²) in [6.07, 6.45) is 1.44. The first-order valence-electron chi connectivity index (χ1n) is 4.97. The van der Waals surface area contributed by atoms with Crippen LogP contribution in [0.4, 0.5) is 17.2 Å². The third-order valence-electron chi connectivity index (χ3n) is 2.10. The third kappa shape index (κ3) is 2.46. The van der Waals surface area contributed by atoms with E-state index in [-0.39, 0.29) is 22.9 Å². The van der Waals surface area contributed by atoms with Crippen molar-refractivity contribution in [3.63, 3.8) is 0 Å². The second-order valence-corrected chi connectivity index (χ2v) is 3.29. The molecule has 0 amide bonds. The van der Waals surface area contributed by atoms with Crippen molar-refractivity contribution in [3.8, 4) is 5.75 Å². The Kier molecular flexibility index (Phi) is 3.24. The molecule has 0 aliphatic carbocycles. The van der Waals surface area contributed by atoms with Crippen molar-refractivity contribution in [2.45, 2.75) is 0 Å². The highest BCUT2D eigenvalue weighted by Gasteiger charge is 2.11. The van der Waals surface area contributed by atoms with E-state index in [1.54, 1.807) is 12.1 Å². The fourth-order valence-electron chi connectivity index (χ4n) is 1.27. The summed E-state index contributed by atoms with van der Waals surface area (Å²) in [6.45, 7) is 0. The Morgan fingerprint density at radius 1 is 1.17 bits per heavy atom. The maximum absolute atomic E-state index is 10.7. The first-order chi connectivity index (χ1) is 8.68. The lowest BCUT2D eigenvalue weighted by atomic mass is 10.3. The van der Waals surface area contributed by atoms with Crippen molar-refractivity contribution >= 4 is 17.2 Å². The van der Waals surface area contributed by atoms with Crippen LogP contribution in [0.15, 0.2) is 52.8 Å². The van der Waals surface area contributed by atoms with Gasteiger partial charge in [0.1, 0.15) is 0 Å². The number of aromatic nitrogens is 1. The number of benzene rings is 1. The molecule has 7 heteroatoms. The summed E-state index contributed by atoms with van der Waals surface area (Å²) in [5.74, 6) is -0.129. The quantitative estimate of drug-likeness (QED) is 0.509. The van der Waals surface area contributed by atoms with Crippen molar-refractivity contribution in [2.75, 3.05) is 0 Å². The van der Waals surface area contributed by atoms with Crippen LogP contribution in [0.25, 0.3) is 0 Å². The van der Waals surface area contributed by atoms with Crippen molar-refractivity contribution in [3.05, 3.63) is 52.7 Å². The molecule has 0 bridgehead atoms. The second kappa shape index (κ2) is 5.00. The van der Waals surface area contributed by atoms with E-state index in [4.69, 9.17) is 0 Å². The van der Waals surface area contributed by atoms with Gasteiger partial charge in [-0.05, 0) is 18.2 Å². The molecule has 0 aliphatic rings. The lowest BCUT2D eigenvalue weighted by molar-refractivity contribution is -0.384. The number of nitro groups is 1. The van der Waals surface area contributed by atoms with E-state index in [1.165, 1.54) is 30.5 Å². The van der Waals surface area contributed by atoms with Gasteiger partial charge in [-0.2, -0.15) is 0 Å². The van der Waals surface area contributed by atoms with Crippen LogP contribution in [0.1, 0.15) is 0 Å². The van der Waals surface area contributed by atoms with Crippen LogP contribution in [-0.4, -0.2) is 15.0 Å². The van der Waals surface area contributed by atoms with E-state index in [0.717, 1.165) is 0 Å². The van der Waals surface area contributed by atoms with Crippen LogP contribution < -0.4 is 0 Å². The highest BCUT2D eigenvalue weighted by molar-refractivity contribution is 5.56. The molecule has 2 aromatic rings. The van der Waals surface area contributed by atoms with Crippen LogP contribution in [0.2, 0.25) is 0 Å². The molecule has 7 nitrogen and oxygen atoms in total. The first kappa shape index (κ1) is 11.6. The van der Waals surface area contributed by atoms with E-state index in [9.17, 15) is 15.2 Å². The van der Waals surface area contributed by atoms with E-state index in [0.29, 0.717) is 0 Å². The second-order valence-electron chi connectivity index (χ2n) is 3.29. The number of nitrogens with zero attached hydrogens (tertiary/aromatic N) is 4. The highest BCUT2D eigenvalue weighted by atomic mass is 16.6. The molecular formula is C11H8N4O3. The molecule has 1 aromatic heterocycles. The summed E-state index contributed by atoms with van der Waals surface area (Å²) in [5, 5.41) is 27.6. The number of pyridine rings is 1. The maximum Gasteiger partial charge on any atom is 0.296 e. The zero-order valence-corrected chi connectivity index (χ0v) is 9.09. The summed E-state index contributed by atoms with van der Waals surface area (Å²) in [5.41, 5.74) is -0.0516. The van der Waals surface area contributed by atoms with Crippen molar-refractivity contribution in [1.82, 2.24) is 4.98 Å². The van der Waals surface area contributed by atoms with Gasteiger partial charge in [0, 0.05) is 12.3 Å². The molecule has 0 fully saturated rings. The van der Waals surface area contributed by atoms with E-state index < -0.39 is 4.92 Å². The maximum atomic E-state index is 10.7. The van der Waals surface area contributed by atoms with Gasteiger partial charge >= 0.3 is 0 Å². The van der Waals surface area contributed by atoms with Gasteiger partial charge < -0.3 is 5.11 Å². The normalized spacial score (nSPS) is 10.7. The van der Waals surface area contributed by atoms with Crippen LogP contribution >= 0.6 is 0 Å². The first-order valence-corrected chi connectivity index (χ1v) is 4.97. The predicted molar refractivity (Wildman–Crippen MR) is 63.2 cm³/mol. The van der Waals surface area contributed by atoms with Crippen LogP contribution in [0.5, 0.6) is 5.75 Å². The molecule has 1 aromatic carbocycles. The molecule has 0 saturated heterocycles. The number of azo groups is 1. The molecule has 0 aliphatic heterocycles. The van der Waals surface area contributed by atoms with Crippen molar-refractivity contribution in [2.24, 2.45) is 10.2 Å². The zero-order valence-electron chi connectivity index (χ0n) is 9.09. The number of nitro benzene ring substituents is 1. The summed E-state index contributed by atoms with van der Waals surface area (Å²) in [7, 11) is 0. The Hall–Kier alpha value is -2.83. The highest BCUT2D eigenvalue weighted by Crippen LogP contribution is 2.29. The SMILES string of the molecule is O=[N+]([O-])c1ccccc1N=Nc1ncccc1O. The van der Waals surface area contributed by atoms with E-state index in [2.05, 4.69) is 15.2 Å². The molecule has 0 unspecified atom stereocenters. The standard InChI is InChI=1S/C11H8N4O3/c16-10-6-3-7-12-11(10)14-13-8-4-1-2-5-9(8)15(17)18/h1-7,16H. The summed E-state index contributed by atoms with van der Waals surface area (Å²) >= 11 is 0. The summed E-state index contributed by atoms with van der Waals surface area (Å²) < 4.78 is 0. The monoisotopic (exact) mass is 244 g/mol. The molecule has 0 saturated carbocycles. The molecule has 1 N–H and O–H groups in total. The van der Waals surface area contributed by atoms with Gasteiger partial charge in [0.25, 0.3) is 5.69 Å². The Balaban J connectivity index is 2.35. The van der Waals surface area contributed by atoms with E-state index in [1.807, 2.05) is 0 Å². The fraction of sp³-hybridized carbons (Fsp3) is 0. The average Bonchev–Trinajstić information content (AvgIpc) is 2.38.